The lowest BCUT2D eigenvalue weighted by Gasteiger charge is -2.33. The molecule has 4 rings (SSSR count). The molecule has 1 aliphatic rings. The van der Waals surface area contributed by atoms with Gasteiger partial charge in [-0.05, 0) is 45.4 Å². The van der Waals surface area contributed by atoms with Gasteiger partial charge in [0.2, 0.25) is 0 Å². The first-order valence-corrected chi connectivity index (χ1v) is 10.7. The van der Waals surface area contributed by atoms with Crippen molar-refractivity contribution in [2.75, 3.05) is 13.2 Å². The number of aromatic nitrogens is 1. The van der Waals surface area contributed by atoms with Gasteiger partial charge < -0.3 is 18.6 Å². The van der Waals surface area contributed by atoms with Crippen molar-refractivity contribution in [3.05, 3.63) is 34.4 Å². The SMILES string of the molecule is CCOC=Nc1c(C(=O)OCC)sc2nc(-c3ccco3)c3c(c12)CC(C)(C)OC3. The quantitative estimate of drug-likeness (QED) is 0.302. The van der Waals surface area contributed by atoms with Crippen molar-refractivity contribution >= 4 is 39.6 Å². The molecule has 0 aromatic carbocycles. The van der Waals surface area contributed by atoms with E-state index in [-0.39, 0.29) is 12.2 Å². The largest absolute Gasteiger partial charge is 0.483 e. The van der Waals surface area contributed by atoms with Crippen LogP contribution in [0, 0.1) is 0 Å². The lowest BCUT2D eigenvalue weighted by molar-refractivity contribution is -0.0395. The number of thiophene rings is 1. The molecule has 1 aliphatic heterocycles. The Balaban J connectivity index is 2.02. The van der Waals surface area contributed by atoms with Gasteiger partial charge in [-0.2, -0.15) is 0 Å². The van der Waals surface area contributed by atoms with Gasteiger partial charge in [-0.15, -0.1) is 11.3 Å². The van der Waals surface area contributed by atoms with Crippen molar-refractivity contribution in [1.82, 2.24) is 4.98 Å². The third kappa shape index (κ3) is 3.73. The fraction of sp³-hybridized carbons (Fsp3) is 0.409. The van der Waals surface area contributed by atoms with Crippen LogP contribution in [0.5, 0.6) is 0 Å². The smallest absolute Gasteiger partial charge is 0.350 e. The van der Waals surface area contributed by atoms with Crippen LogP contribution in [0.15, 0.2) is 27.8 Å². The van der Waals surface area contributed by atoms with E-state index in [0.29, 0.717) is 40.8 Å². The third-order valence-corrected chi connectivity index (χ3v) is 5.93. The molecule has 4 heterocycles. The van der Waals surface area contributed by atoms with Gasteiger partial charge in [-0.25, -0.2) is 14.8 Å². The maximum absolute atomic E-state index is 12.7. The molecule has 0 unspecified atom stereocenters. The van der Waals surface area contributed by atoms with Crippen LogP contribution >= 0.6 is 11.3 Å². The number of carbonyl (C=O) groups is 1. The molecule has 0 spiro atoms. The monoisotopic (exact) mass is 428 g/mol. The summed E-state index contributed by atoms with van der Waals surface area (Å²) in [6.07, 6.45) is 3.66. The Morgan fingerprint density at radius 3 is 2.87 bits per heavy atom. The molecule has 0 aliphatic carbocycles. The van der Waals surface area contributed by atoms with Crippen LogP contribution in [-0.2, 0) is 27.2 Å². The molecule has 0 amide bonds. The fourth-order valence-corrected chi connectivity index (χ4v) is 4.60. The zero-order valence-corrected chi connectivity index (χ0v) is 18.3. The molecule has 0 N–H and O–H groups in total. The predicted octanol–water partition coefficient (Wildman–Crippen LogP) is 5.28. The molecule has 0 bridgehead atoms. The van der Waals surface area contributed by atoms with Crippen LogP contribution in [-0.4, -0.2) is 36.2 Å². The maximum atomic E-state index is 12.7. The number of furan rings is 1. The van der Waals surface area contributed by atoms with E-state index < -0.39 is 5.97 Å². The summed E-state index contributed by atoms with van der Waals surface area (Å²) in [5, 5.41) is 0.848. The summed E-state index contributed by atoms with van der Waals surface area (Å²) in [6.45, 7) is 8.94. The Labute approximate surface area is 178 Å². The van der Waals surface area contributed by atoms with Crippen LogP contribution in [0.25, 0.3) is 21.7 Å². The number of pyridine rings is 1. The van der Waals surface area contributed by atoms with Gasteiger partial charge in [0.15, 0.2) is 12.2 Å². The lowest BCUT2D eigenvalue weighted by atomic mass is 9.88. The van der Waals surface area contributed by atoms with Gasteiger partial charge in [0, 0.05) is 17.4 Å². The first kappa shape index (κ1) is 20.6. The van der Waals surface area contributed by atoms with Gasteiger partial charge >= 0.3 is 5.97 Å². The lowest BCUT2D eigenvalue weighted by Crippen LogP contribution is -2.32. The average Bonchev–Trinajstić information content (AvgIpc) is 3.35. The minimum atomic E-state index is -0.413. The second kappa shape index (κ2) is 8.20. The summed E-state index contributed by atoms with van der Waals surface area (Å²) >= 11 is 1.28. The third-order valence-electron chi connectivity index (χ3n) is 4.88. The highest BCUT2D eigenvalue weighted by molar-refractivity contribution is 7.21. The molecule has 0 fully saturated rings. The van der Waals surface area contributed by atoms with Crippen LogP contribution in [0.3, 0.4) is 0 Å². The molecule has 7 nitrogen and oxygen atoms in total. The van der Waals surface area contributed by atoms with Gasteiger partial charge in [0.1, 0.15) is 21.1 Å². The summed E-state index contributed by atoms with van der Waals surface area (Å²) < 4.78 is 22.3. The molecule has 0 radical (unpaired) electrons. The number of nitrogens with zero attached hydrogens (tertiary/aromatic N) is 2. The van der Waals surface area contributed by atoms with E-state index in [1.165, 1.54) is 17.7 Å². The Kier molecular flexibility index (Phi) is 5.62. The van der Waals surface area contributed by atoms with E-state index in [4.69, 9.17) is 23.6 Å². The number of carbonyl (C=O) groups excluding carboxylic acids is 1. The first-order valence-electron chi connectivity index (χ1n) is 9.92. The van der Waals surface area contributed by atoms with E-state index in [2.05, 4.69) is 18.8 Å². The highest BCUT2D eigenvalue weighted by Crippen LogP contribution is 2.46. The first-order chi connectivity index (χ1) is 14.4. The van der Waals surface area contributed by atoms with Crippen LogP contribution < -0.4 is 0 Å². The second-order valence-corrected chi connectivity index (χ2v) is 8.49. The molecule has 30 heavy (non-hydrogen) atoms. The number of ether oxygens (including phenoxy) is 3. The zero-order valence-electron chi connectivity index (χ0n) is 17.5. The summed E-state index contributed by atoms with van der Waals surface area (Å²) in [5.74, 6) is 0.255. The zero-order chi connectivity index (χ0) is 21.3. The normalized spacial score (nSPS) is 15.5. The molecule has 3 aromatic heterocycles. The summed E-state index contributed by atoms with van der Waals surface area (Å²) in [5.41, 5.74) is 2.94. The van der Waals surface area contributed by atoms with E-state index in [0.717, 1.165) is 22.2 Å². The van der Waals surface area contributed by atoms with Gasteiger partial charge in [-0.1, -0.05) is 0 Å². The maximum Gasteiger partial charge on any atom is 0.350 e. The number of rotatable bonds is 6. The highest BCUT2D eigenvalue weighted by Gasteiger charge is 2.34. The van der Waals surface area contributed by atoms with Crippen molar-refractivity contribution in [3.63, 3.8) is 0 Å². The van der Waals surface area contributed by atoms with Crippen LogP contribution in [0.1, 0.15) is 48.5 Å². The molecule has 0 atom stereocenters. The van der Waals surface area contributed by atoms with Crippen molar-refractivity contribution in [1.29, 1.82) is 0 Å². The van der Waals surface area contributed by atoms with Crippen molar-refractivity contribution < 1.29 is 23.4 Å². The Hall–Kier alpha value is -2.71. The van der Waals surface area contributed by atoms with E-state index in [9.17, 15) is 4.79 Å². The van der Waals surface area contributed by atoms with Crippen LogP contribution in [0.4, 0.5) is 5.69 Å². The topological polar surface area (TPSA) is 83.2 Å². The summed E-state index contributed by atoms with van der Waals surface area (Å²) in [7, 11) is 0. The molecule has 0 saturated heterocycles. The van der Waals surface area contributed by atoms with E-state index in [1.807, 2.05) is 19.1 Å². The molecule has 3 aromatic rings. The van der Waals surface area contributed by atoms with Gasteiger partial charge in [-0.3, -0.25) is 0 Å². The Morgan fingerprint density at radius 1 is 1.33 bits per heavy atom. The Bertz CT molecular complexity index is 1100. The van der Waals surface area contributed by atoms with Gasteiger partial charge in [0.05, 0.1) is 31.7 Å². The van der Waals surface area contributed by atoms with Crippen molar-refractivity contribution in [3.8, 4) is 11.5 Å². The minimum Gasteiger partial charge on any atom is -0.483 e. The van der Waals surface area contributed by atoms with E-state index >= 15 is 0 Å². The van der Waals surface area contributed by atoms with Crippen molar-refractivity contribution in [2.45, 2.75) is 46.3 Å². The number of esters is 1. The molecule has 158 valence electrons. The number of fused-ring (bicyclic) bond motifs is 3. The molecular formula is C22H24N2O5S. The summed E-state index contributed by atoms with van der Waals surface area (Å²) in [6, 6.07) is 3.71. The number of hydrogen-bond donors (Lipinski definition) is 0. The number of aliphatic imine (C=N–C) groups is 1. The average molecular weight is 429 g/mol. The molecule has 0 saturated carbocycles. The van der Waals surface area contributed by atoms with Crippen molar-refractivity contribution in [2.24, 2.45) is 4.99 Å². The summed E-state index contributed by atoms with van der Waals surface area (Å²) in [4.78, 5) is 23.2. The van der Waals surface area contributed by atoms with E-state index in [1.54, 1.807) is 13.2 Å². The second-order valence-electron chi connectivity index (χ2n) is 7.49. The highest BCUT2D eigenvalue weighted by atomic mass is 32.1. The minimum absolute atomic E-state index is 0.283. The van der Waals surface area contributed by atoms with Gasteiger partial charge in [0.25, 0.3) is 0 Å². The Morgan fingerprint density at radius 2 is 2.17 bits per heavy atom. The number of hydrogen-bond acceptors (Lipinski definition) is 8. The molecule has 8 heteroatoms. The van der Waals surface area contributed by atoms with Crippen LogP contribution in [0.2, 0.25) is 0 Å². The molecular weight excluding hydrogens is 404 g/mol. The predicted molar refractivity (Wildman–Crippen MR) is 116 cm³/mol. The fourth-order valence-electron chi connectivity index (χ4n) is 3.56. The standard InChI is InChI=1S/C22H24N2O5S/c1-5-26-12-23-18-16-13-10-22(3,4)29-11-14(13)17(15-8-7-9-28-15)24-20(16)30-19(18)21(25)27-6-2/h7-9,12H,5-6,10-11H2,1-4H3.